The molecule has 30 heavy (non-hydrogen) atoms. The van der Waals surface area contributed by atoms with Gasteiger partial charge in [-0.05, 0) is 60.9 Å². The fourth-order valence-electron chi connectivity index (χ4n) is 3.55. The van der Waals surface area contributed by atoms with Crippen LogP contribution in [0.1, 0.15) is 27.2 Å². The lowest BCUT2D eigenvalue weighted by atomic mass is 10.1. The van der Waals surface area contributed by atoms with E-state index in [2.05, 4.69) is 51.4 Å². The molecule has 0 unspecified atom stereocenters. The Bertz CT molecular complexity index is 1170. The number of fused-ring (bicyclic) bond motifs is 1. The molecule has 0 aliphatic carbocycles. The Morgan fingerprint density at radius 1 is 1.03 bits per heavy atom. The Labute approximate surface area is 184 Å². The van der Waals surface area contributed by atoms with Gasteiger partial charge in [0.1, 0.15) is 12.4 Å². The molecule has 4 aromatic rings. The minimum absolute atomic E-state index is 0.0688. The van der Waals surface area contributed by atoms with Crippen LogP contribution in [0, 0.1) is 6.92 Å². The summed E-state index contributed by atoms with van der Waals surface area (Å²) in [6.45, 7) is 3.16. The number of amides is 1. The molecule has 0 aliphatic heterocycles. The Kier molecular flexibility index (Phi) is 6.19. The van der Waals surface area contributed by atoms with Gasteiger partial charge in [-0.2, -0.15) is 0 Å². The predicted octanol–water partition coefficient (Wildman–Crippen LogP) is 5.79. The minimum atomic E-state index is -0.0688. The van der Waals surface area contributed by atoms with Crippen LogP contribution in [-0.2, 0) is 13.0 Å². The number of rotatable bonds is 7. The van der Waals surface area contributed by atoms with E-state index in [4.69, 9.17) is 4.74 Å². The molecule has 1 amide bonds. The van der Waals surface area contributed by atoms with Gasteiger partial charge in [0.2, 0.25) is 0 Å². The highest BCUT2D eigenvalue weighted by atomic mass is 79.9. The van der Waals surface area contributed by atoms with Crippen molar-refractivity contribution in [3.05, 3.63) is 99.7 Å². The monoisotopic (exact) mass is 462 g/mol. The molecule has 0 radical (unpaired) electrons. The van der Waals surface area contributed by atoms with Gasteiger partial charge in [0.05, 0.1) is 0 Å². The van der Waals surface area contributed by atoms with Gasteiger partial charge in [0.25, 0.3) is 5.91 Å². The van der Waals surface area contributed by atoms with Gasteiger partial charge in [-0.3, -0.25) is 4.79 Å². The van der Waals surface area contributed by atoms with Crippen molar-refractivity contribution in [3.8, 4) is 5.75 Å². The second kappa shape index (κ2) is 9.18. The summed E-state index contributed by atoms with van der Waals surface area (Å²) in [5, 5.41) is 4.15. The van der Waals surface area contributed by atoms with Gasteiger partial charge >= 0.3 is 0 Å². The number of aromatic nitrogens is 1. The molecule has 0 fully saturated rings. The number of aryl methyl sites for hydroxylation is 1. The molecule has 4 rings (SSSR count). The molecule has 5 heteroatoms. The molecule has 2 N–H and O–H groups in total. The Balaban J connectivity index is 1.44. The second-order valence-electron chi connectivity index (χ2n) is 7.23. The lowest BCUT2D eigenvalue weighted by Crippen LogP contribution is -2.25. The van der Waals surface area contributed by atoms with Crippen LogP contribution in [-0.4, -0.2) is 17.4 Å². The Morgan fingerprint density at radius 2 is 1.87 bits per heavy atom. The zero-order valence-corrected chi connectivity index (χ0v) is 18.3. The van der Waals surface area contributed by atoms with Gasteiger partial charge in [0.15, 0.2) is 0 Å². The first-order chi connectivity index (χ1) is 14.6. The van der Waals surface area contributed by atoms with Gasteiger partial charge in [-0.25, -0.2) is 0 Å². The maximum absolute atomic E-state index is 12.4. The first-order valence-corrected chi connectivity index (χ1v) is 10.7. The third-order valence-electron chi connectivity index (χ3n) is 5.09. The average molecular weight is 463 g/mol. The zero-order valence-electron chi connectivity index (χ0n) is 16.7. The van der Waals surface area contributed by atoms with Crippen molar-refractivity contribution < 1.29 is 9.53 Å². The molecule has 0 spiro atoms. The quantitative estimate of drug-likeness (QED) is 0.365. The van der Waals surface area contributed by atoms with Gasteiger partial charge in [-0.15, -0.1) is 0 Å². The summed E-state index contributed by atoms with van der Waals surface area (Å²) in [6, 6.07) is 23.6. The number of ether oxygens (including phenoxy) is 1. The van der Waals surface area contributed by atoms with E-state index in [0.717, 1.165) is 38.8 Å². The number of nitrogens with one attached hydrogen (secondary N) is 2. The maximum atomic E-state index is 12.4. The number of benzene rings is 3. The first-order valence-electron chi connectivity index (χ1n) is 9.92. The van der Waals surface area contributed by atoms with Crippen molar-refractivity contribution in [2.24, 2.45) is 0 Å². The number of H-pyrrole nitrogens is 1. The van der Waals surface area contributed by atoms with Gasteiger partial charge in [0, 0.05) is 33.2 Å². The molecule has 3 aromatic carbocycles. The van der Waals surface area contributed by atoms with E-state index in [1.54, 1.807) is 0 Å². The molecule has 0 atom stereocenters. The summed E-state index contributed by atoms with van der Waals surface area (Å²) in [7, 11) is 0. The molecule has 152 valence electrons. The van der Waals surface area contributed by atoms with Crippen LogP contribution in [0.25, 0.3) is 10.9 Å². The molecule has 0 saturated heterocycles. The Hall–Kier alpha value is -3.05. The molecular formula is C25H23BrN2O2. The smallest absolute Gasteiger partial charge is 0.251 e. The highest BCUT2D eigenvalue weighted by Gasteiger charge is 2.11. The molecule has 1 aromatic heterocycles. The fraction of sp³-hybridized carbons (Fsp3) is 0.160. The van der Waals surface area contributed by atoms with Crippen LogP contribution in [0.15, 0.2) is 77.3 Å². The standard InChI is InChI=1S/C25H23BrN2O2/c1-17-22(12-13-27-25(29)19-8-5-9-20(26)14-19)23-15-21(10-11-24(23)28-17)30-16-18-6-3-2-4-7-18/h2-11,14-15,28H,12-13,16H2,1H3,(H,27,29). The van der Waals surface area contributed by atoms with Gasteiger partial charge in [-0.1, -0.05) is 52.3 Å². The largest absolute Gasteiger partial charge is 0.489 e. The van der Waals surface area contributed by atoms with Crippen molar-refractivity contribution >= 4 is 32.7 Å². The third-order valence-corrected chi connectivity index (χ3v) is 5.58. The van der Waals surface area contributed by atoms with E-state index in [0.29, 0.717) is 18.7 Å². The van der Waals surface area contributed by atoms with Crippen LogP contribution in [0.2, 0.25) is 0 Å². The minimum Gasteiger partial charge on any atom is -0.489 e. The molecule has 0 bridgehead atoms. The molecule has 4 nitrogen and oxygen atoms in total. The van der Waals surface area contributed by atoms with E-state index in [9.17, 15) is 4.79 Å². The summed E-state index contributed by atoms with van der Waals surface area (Å²) in [5.74, 6) is 0.769. The third kappa shape index (κ3) is 4.74. The second-order valence-corrected chi connectivity index (χ2v) is 8.14. The van der Waals surface area contributed by atoms with E-state index < -0.39 is 0 Å². The Morgan fingerprint density at radius 3 is 2.67 bits per heavy atom. The number of hydrogen-bond donors (Lipinski definition) is 2. The highest BCUT2D eigenvalue weighted by Crippen LogP contribution is 2.27. The fourth-order valence-corrected chi connectivity index (χ4v) is 3.95. The number of carbonyl (C=O) groups is 1. The molecular weight excluding hydrogens is 440 g/mol. The topological polar surface area (TPSA) is 54.1 Å². The maximum Gasteiger partial charge on any atom is 0.251 e. The van der Waals surface area contributed by atoms with Crippen LogP contribution in [0.5, 0.6) is 5.75 Å². The highest BCUT2D eigenvalue weighted by molar-refractivity contribution is 9.10. The molecule has 0 saturated carbocycles. The number of carbonyl (C=O) groups excluding carboxylic acids is 1. The lowest BCUT2D eigenvalue weighted by molar-refractivity contribution is 0.0954. The van der Waals surface area contributed by atoms with E-state index >= 15 is 0 Å². The summed E-state index contributed by atoms with van der Waals surface area (Å²) in [6.07, 6.45) is 0.744. The SMILES string of the molecule is Cc1[nH]c2ccc(OCc3ccccc3)cc2c1CCNC(=O)c1cccc(Br)c1. The predicted molar refractivity (Wildman–Crippen MR) is 124 cm³/mol. The van der Waals surface area contributed by atoms with Gasteiger partial charge < -0.3 is 15.0 Å². The first kappa shape index (κ1) is 20.2. The van der Waals surface area contributed by atoms with E-state index in [-0.39, 0.29) is 5.91 Å². The summed E-state index contributed by atoms with van der Waals surface area (Å²) in [5.41, 5.74) is 5.18. The average Bonchev–Trinajstić information content (AvgIpc) is 3.07. The molecule has 1 heterocycles. The van der Waals surface area contributed by atoms with Crippen molar-refractivity contribution in [2.75, 3.05) is 6.54 Å². The molecule has 0 aliphatic rings. The number of halogens is 1. The van der Waals surface area contributed by atoms with E-state index in [1.165, 1.54) is 5.56 Å². The van der Waals surface area contributed by atoms with Crippen LogP contribution >= 0.6 is 15.9 Å². The van der Waals surface area contributed by atoms with Crippen molar-refractivity contribution in [3.63, 3.8) is 0 Å². The summed E-state index contributed by atoms with van der Waals surface area (Å²) < 4.78 is 6.88. The zero-order chi connectivity index (χ0) is 20.9. The van der Waals surface area contributed by atoms with Crippen LogP contribution in [0.4, 0.5) is 0 Å². The van der Waals surface area contributed by atoms with Crippen molar-refractivity contribution in [2.45, 2.75) is 20.0 Å². The van der Waals surface area contributed by atoms with Crippen LogP contribution < -0.4 is 10.1 Å². The lowest BCUT2D eigenvalue weighted by Gasteiger charge is -2.08. The normalized spacial score (nSPS) is 10.9. The summed E-state index contributed by atoms with van der Waals surface area (Å²) >= 11 is 3.41. The van der Waals surface area contributed by atoms with Crippen LogP contribution in [0.3, 0.4) is 0 Å². The number of aromatic amines is 1. The summed E-state index contributed by atoms with van der Waals surface area (Å²) in [4.78, 5) is 15.8. The van der Waals surface area contributed by atoms with Crippen molar-refractivity contribution in [1.82, 2.24) is 10.3 Å². The number of hydrogen-bond acceptors (Lipinski definition) is 2. The van der Waals surface area contributed by atoms with E-state index in [1.807, 2.05) is 54.6 Å². The van der Waals surface area contributed by atoms with Crippen molar-refractivity contribution in [1.29, 1.82) is 0 Å².